The van der Waals surface area contributed by atoms with Crippen molar-refractivity contribution < 1.29 is 18.7 Å². The van der Waals surface area contributed by atoms with Gasteiger partial charge in [0.25, 0.3) is 11.8 Å². The lowest BCUT2D eigenvalue weighted by molar-refractivity contribution is -0.120. The summed E-state index contributed by atoms with van der Waals surface area (Å²) in [5, 5.41) is 8.15. The second-order valence-electron chi connectivity index (χ2n) is 4.64. The molecule has 0 fully saturated rings. The molecule has 2 aromatic heterocycles. The van der Waals surface area contributed by atoms with E-state index in [1.54, 1.807) is 12.1 Å². The molecule has 2 N–H and O–H groups in total. The molecule has 0 aromatic carbocycles. The minimum atomic E-state index is -0.970. The van der Waals surface area contributed by atoms with Crippen molar-refractivity contribution in [3.63, 3.8) is 0 Å². The minimum Gasteiger partial charge on any atom is -0.487 e. The zero-order valence-corrected chi connectivity index (χ0v) is 11.5. The molecular formula is C13H12FN5O3. The number of ether oxygens (including phenoxy) is 1. The van der Waals surface area contributed by atoms with Crippen molar-refractivity contribution in [1.29, 1.82) is 0 Å². The van der Waals surface area contributed by atoms with Crippen molar-refractivity contribution in [2.75, 3.05) is 18.6 Å². The Balaban J connectivity index is 1.81. The van der Waals surface area contributed by atoms with Crippen LogP contribution < -0.4 is 15.0 Å². The Morgan fingerprint density at radius 2 is 2.41 bits per heavy atom. The maximum absolute atomic E-state index is 13.3. The average Bonchev–Trinajstić information content (AvgIpc) is 2.91. The maximum Gasteiger partial charge on any atom is 0.275 e. The molecule has 1 aliphatic rings. The Hall–Kier alpha value is -2.97. The summed E-state index contributed by atoms with van der Waals surface area (Å²) in [6.45, 7) is -0.0837. The summed E-state index contributed by atoms with van der Waals surface area (Å²) >= 11 is 0. The molecular weight excluding hydrogens is 293 g/mol. The number of aromatic nitrogens is 3. The predicted octanol–water partition coefficient (Wildman–Crippen LogP) is 0.0976. The Morgan fingerprint density at radius 1 is 1.59 bits per heavy atom. The Bertz CT molecular complexity index is 732. The summed E-state index contributed by atoms with van der Waals surface area (Å²) in [6.07, 6.45) is 2.48. The summed E-state index contributed by atoms with van der Waals surface area (Å²) in [7, 11) is 1.52. The van der Waals surface area contributed by atoms with E-state index in [0.29, 0.717) is 11.6 Å². The predicted molar refractivity (Wildman–Crippen MR) is 72.9 cm³/mol. The van der Waals surface area contributed by atoms with Crippen molar-refractivity contribution in [3.05, 3.63) is 36.0 Å². The van der Waals surface area contributed by atoms with Crippen LogP contribution in [0.2, 0.25) is 0 Å². The average molecular weight is 305 g/mol. The van der Waals surface area contributed by atoms with Crippen LogP contribution >= 0.6 is 0 Å². The number of likely N-dealkylation sites (N-methyl/N-ethyl adjacent to an activating group) is 1. The summed E-state index contributed by atoms with van der Waals surface area (Å²) in [5.74, 6) is -1.22. The Kier molecular flexibility index (Phi) is 3.45. The fourth-order valence-electron chi connectivity index (χ4n) is 2.09. The standard InChI is InChI=1S/C13H12FN5O3/c1-19-11-9(3-2-4-15-11)22-6-8(13(19)21)17-12(20)10-7(14)5-16-18-10/h2-5,8H,6H2,1H3,(H,16,18)(H,17,20)/t8-/m0/s1. The van der Waals surface area contributed by atoms with E-state index in [0.717, 1.165) is 6.20 Å². The van der Waals surface area contributed by atoms with E-state index in [1.807, 2.05) is 0 Å². The maximum atomic E-state index is 13.3. The van der Waals surface area contributed by atoms with E-state index in [9.17, 15) is 14.0 Å². The third kappa shape index (κ3) is 2.36. The molecule has 2 aromatic rings. The number of nitrogens with one attached hydrogen (secondary N) is 2. The van der Waals surface area contributed by atoms with Crippen molar-refractivity contribution in [3.8, 4) is 5.75 Å². The highest BCUT2D eigenvalue weighted by molar-refractivity contribution is 6.02. The molecule has 8 nitrogen and oxygen atoms in total. The zero-order chi connectivity index (χ0) is 15.7. The SMILES string of the molecule is CN1C(=O)[C@@H](NC(=O)c2n[nH]cc2F)COc2cccnc21. The van der Waals surface area contributed by atoms with E-state index >= 15 is 0 Å². The number of pyridine rings is 1. The summed E-state index contributed by atoms with van der Waals surface area (Å²) in [5.41, 5.74) is -0.407. The van der Waals surface area contributed by atoms with Crippen LogP contribution in [-0.2, 0) is 4.79 Å². The molecule has 0 aliphatic carbocycles. The molecule has 0 bridgehead atoms. The van der Waals surface area contributed by atoms with Crippen LogP contribution in [0.3, 0.4) is 0 Å². The van der Waals surface area contributed by atoms with Gasteiger partial charge < -0.3 is 10.1 Å². The third-order valence-corrected chi connectivity index (χ3v) is 3.22. The van der Waals surface area contributed by atoms with Gasteiger partial charge in [-0.15, -0.1) is 0 Å². The number of halogens is 1. The Morgan fingerprint density at radius 3 is 3.14 bits per heavy atom. The van der Waals surface area contributed by atoms with E-state index < -0.39 is 29.4 Å². The fraction of sp³-hybridized carbons (Fsp3) is 0.231. The number of fused-ring (bicyclic) bond motifs is 1. The van der Waals surface area contributed by atoms with Crippen LogP contribution in [0.5, 0.6) is 5.75 Å². The number of carbonyl (C=O) groups is 2. The van der Waals surface area contributed by atoms with Crippen LogP contribution in [0.25, 0.3) is 0 Å². The summed E-state index contributed by atoms with van der Waals surface area (Å²) < 4.78 is 18.8. The molecule has 0 unspecified atom stereocenters. The van der Waals surface area contributed by atoms with Gasteiger partial charge in [0.2, 0.25) is 0 Å². The molecule has 1 aliphatic heterocycles. The van der Waals surface area contributed by atoms with Crippen LogP contribution in [0.1, 0.15) is 10.5 Å². The molecule has 3 heterocycles. The molecule has 114 valence electrons. The molecule has 0 saturated heterocycles. The van der Waals surface area contributed by atoms with Crippen molar-refractivity contribution in [2.45, 2.75) is 6.04 Å². The van der Waals surface area contributed by atoms with Crippen LogP contribution in [0.15, 0.2) is 24.5 Å². The minimum absolute atomic E-state index is 0.0837. The van der Waals surface area contributed by atoms with Crippen LogP contribution in [0.4, 0.5) is 10.2 Å². The first-order chi connectivity index (χ1) is 10.6. The van der Waals surface area contributed by atoms with E-state index in [2.05, 4.69) is 20.5 Å². The number of aromatic amines is 1. The molecule has 1 atom stereocenters. The highest BCUT2D eigenvalue weighted by atomic mass is 19.1. The number of anilines is 1. The van der Waals surface area contributed by atoms with E-state index in [1.165, 1.54) is 18.1 Å². The Labute approximate surface area is 124 Å². The zero-order valence-electron chi connectivity index (χ0n) is 11.5. The van der Waals surface area contributed by atoms with E-state index in [-0.39, 0.29) is 6.61 Å². The quantitative estimate of drug-likeness (QED) is 0.819. The lowest BCUT2D eigenvalue weighted by Gasteiger charge is -2.19. The van der Waals surface area contributed by atoms with Crippen LogP contribution in [-0.4, -0.2) is 46.7 Å². The van der Waals surface area contributed by atoms with Gasteiger partial charge >= 0.3 is 0 Å². The van der Waals surface area contributed by atoms with Gasteiger partial charge in [0.1, 0.15) is 12.6 Å². The van der Waals surface area contributed by atoms with Crippen LogP contribution in [0, 0.1) is 5.82 Å². The van der Waals surface area contributed by atoms with Gasteiger partial charge in [-0.1, -0.05) is 0 Å². The smallest absolute Gasteiger partial charge is 0.275 e. The second-order valence-corrected chi connectivity index (χ2v) is 4.64. The topological polar surface area (TPSA) is 100 Å². The van der Waals surface area contributed by atoms with Gasteiger partial charge in [-0.05, 0) is 12.1 Å². The summed E-state index contributed by atoms with van der Waals surface area (Å²) in [4.78, 5) is 29.7. The molecule has 9 heteroatoms. The lowest BCUT2D eigenvalue weighted by atomic mass is 10.2. The number of H-pyrrole nitrogens is 1. The van der Waals surface area contributed by atoms with Gasteiger partial charge in [0.05, 0.1) is 6.20 Å². The number of hydrogen-bond acceptors (Lipinski definition) is 5. The van der Waals surface area contributed by atoms with Gasteiger partial charge in [-0.25, -0.2) is 9.37 Å². The first-order valence-electron chi connectivity index (χ1n) is 6.43. The first-order valence-corrected chi connectivity index (χ1v) is 6.43. The van der Waals surface area contributed by atoms with E-state index in [4.69, 9.17) is 4.74 Å². The molecule has 0 spiro atoms. The van der Waals surface area contributed by atoms with Gasteiger partial charge in [-0.3, -0.25) is 19.6 Å². The van der Waals surface area contributed by atoms with Crippen molar-refractivity contribution in [2.24, 2.45) is 0 Å². The second kappa shape index (κ2) is 5.43. The monoisotopic (exact) mass is 305 g/mol. The lowest BCUT2D eigenvalue weighted by Crippen LogP contribution is -2.49. The third-order valence-electron chi connectivity index (χ3n) is 3.22. The largest absolute Gasteiger partial charge is 0.487 e. The van der Waals surface area contributed by atoms with Gasteiger partial charge in [0.15, 0.2) is 23.1 Å². The van der Waals surface area contributed by atoms with Gasteiger partial charge in [0, 0.05) is 13.2 Å². The van der Waals surface area contributed by atoms with Crippen molar-refractivity contribution >= 4 is 17.6 Å². The molecule has 3 rings (SSSR count). The molecule has 2 amide bonds. The molecule has 22 heavy (non-hydrogen) atoms. The highest BCUT2D eigenvalue weighted by Gasteiger charge is 2.32. The molecule has 0 saturated carbocycles. The number of nitrogens with zero attached hydrogens (tertiary/aromatic N) is 3. The van der Waals surface area contributed by atoms with Gasteiger partial charge in [-0.2, -0.15) is 5.10 Å². The molecule has 0 radical (unpaired) electrons. The number of hydrogen-bond donors (Lipinski definition) is 2. The number of carbonyl (C=O) groups excluding carboxylic acids is 2. The fourth-order valence-corrected chi connectivity index (χ4v) is 2.09. The number of rotatable bonds is 2. The van der Waals surface area contributed by atoms with Crippen molar-refractivity contribution in [1.82, 2.24) is 20.5 Å². The normalized spacial score (nSPS) is 17.5. The highest BCUT2D eigenvalue weighted by Crippen LogP contribution is 2.27. The summed E-state index contributed by atoms with van der Waals surface area (Å²) in [6, 6.07) is 2.38. The first kappa shape index (κ1) is 14.0. The number of amides is 2.